The molecular formula is C16H20N4O. The summed E-state index contributed by atoms with van der Waals surface area (Å²) in [4.78, 5) is 24.8. The summed E-state index contributed by atoms with van der Waals surface area (Å²) in [5.74, 6) is 0.957. The minimum atomic E-state index is 0.00495. The maximum atomic E-state index is 12.1. The molecule has 0 bridgehead atoms. The smallest absolute Gasteiger partial charge is 0.253 e. The third kappa shape index (κ3) is 2.68. The fraction of sp³-hybridized carbons (Fsp3) is 0.438. The minimum Gasteiger partial charge on any atom is -0.356 e. The van der Waals surface area contributed by atoms with E-state index in [-0.39, 0.29) is 5.91 Å². The summed E-state index contributed by atoms with van der Waals surface area (Å²) in [6, 6.07) is 5.65. The Hall–Kier alpha value is -2.17. The van der Waals surface area contributed by atoms with Crippen LogP contribution in [-0.4, -0.2) is 48.0 Å². The van der Waals surface area contributed by atoms with E-state index in [4.69, 9.17) is 0 Å². The minimum absolute atomic E-state index is 0.00495. The molecule has 1 fully saturated rings. The molecule has 110 valence electrons. The van der Waals surface area contributed by atoms with Gasteiger partial charge in [-0.15, -0.1) is 0 Å². The zero-order chi connectivity index (χ0) is 14.8. The second-order valence-corrected chi connectivity index (χ2v) is 5.68. The highest BCUT2D eigenvalue weighted by Crippen LogP contribution is 2.26. The molecule has 1 aliphatic rings. The van der Waals surface area contributed by atoms with E-state index >= 15 is 0 Å². The number of anilines is 1. The third-order valence-corrected chi connectivity index (χ3v) is 3.92. The van der Waals surface area contributed by atoms with Gasteiger partial charge in [0.25, 0.3) is 5.91 Å². The fourth-order valence-corrected chi connectivity index (χ4v) is 2.79. The zero-order valence-corrected chi connectivity index (χ0v) is 12.5. The second-order valence-electron chi connectivity index (χ2n) is 5.68. The molecule has 0 unspecified atom stereocenters. The van der Waals surface area contributed by atoms with Crippen molar-refractivity contribution in [2.24, 2.45) is 0 Å². The number of rotatable bonds is 2. The van der Waals surface area contributed by atoms with E-state index in [1.54, 1.807) is 25.3 Å². The van der Waals surface area contributed by atoms with Crippen LogP contribution in [0.3, 0.4) is 0 Å². The molecule has 3 rings (SSSR count). The van der Waals surface area contributed by atoms with Crippen LogP contribution in [0.25, 0.3) is 10.9 Å². The van der Waals surface area contributed by atoms with Gasteiger partial charge < -0.3 is 9.80 Å². The van der Waals surface area contributed by atoms with Crippen molar-refractivity contribution in [1.29, 1.82) is 0 Å². The molecule has 5 nitrogen and oxygen atoms in total. The highest BCUT2D eigenvalue weighted by molar-refractivity contribution is 6.00. The van der Waals surface area contributed by atoms with Crippen molar-refractivity contribution in [3.8, 4) is 0 Å². The van der Waals surface area contributed by atoms with Crippen molar-refractivity contribution < 1.29 is 4.79 Å². The standard InChI is InChI=1S/C16H20N4O/c1-19(2)16(21)12-6-7-14-13(10-12)15(18-11-17-14)20-8-4-3-5-9-20/h6-7,10-11H,3-5,8-9H2,1-2H3. The SMILES string of the molecule is CN(C)C(=O)c1ccc2ncnc(N3CCCCC3)c2c1. The predicted octanol–water partition coefficient (Wildman–Crippen LogP) is 2.32. The Bertz CT molecular complexity index is 662. The molecule has 5 heteroatoms. The van der Waals surface area contributed by atoms with Gasteiger partial charge in [-0.3, -0.25) is 4.79 Å². The predicted molar refractivity (Wildman–Crippen MR) is 83.6 cm³/mol. The van der Waals surface area contributed by atoms with Crippen LogP contribution >= 0.6 is 0 Å². The monoisotopic (exact) mass is 284 g/mol. The largest absolute Gasteiger partial charge is 0.356 e. The summed E-state index contributed by atoms with van der Waals surface area (Å²) < 4.78 is 0. The van der Waals surface area contributed by atoms with Crippen LogP contribution in [0.15, 0.2) is 24.5 Å². The summed E-state index contributed by atoms with van der Waals surface area (Å²) in [7, 11) is 3.53. The third-order valence-electron chi connectivity index (χ3n) is 3.92. The zero-order valence-electron chi connectivity index (χ0n) is 12.5. The van der Waals surface area contributed by atoms with Crippen LogP contribution in [0.5, 0.6) is 0 Å². The van der Waals surface area contributed by atoms with Gasteiger partial charge in [0.1, 0.15) is 12.1 Å². The topological polar surface area (TPSA) is 49.3 Å². The van der Waals surface area contributed by atoms with E-state index < -0.39 is 0 Å². The Morgan fingerprint density at radius 1 is 1.14 bits per heavy atom. The van der Waals surface area contributed by atoms with E-state index in [0.717, 1.165) is 29.8 Å². The highest BCUT2D eigenvalue weighted by atomic mass is 16.2. The van der Waals surface area contributed by atoms with Gasteiger partial charge in [0, 0.05) is 38.1 Å². The van der Waals surface area contributed by atoms with Crippen molar-refractivity contribution in [1.82, 2.24) is 14.9 Å². The van der Waals surface area contributed by atoms with Gasteiger partial charge in [-0.1, -0.05) is 0 Å². The van der Waals surface area contributed by atoms with Gasteiger partial charge >= 0.3 is 0 Å². The Morgan fingerprint density at radius 2 is 1.90 bits per heavy atom. The lowest BCUT2D eigenvalue weighted by atomic mass is 10.1. The Morgan fingerprint density at radius 3 is 2.62 bits per heavy atom. The van der Waals surface area contributed by atoms with Gasteiger partial charge in [-0.25, -0.2) is 9.97 Å². The molecule has 2 aromatic rings. The van der Waals surface area contributed by atoms with Crippen LogP contribution in [-0.2, 0) is 0 Å². The molecule has 0 saturated carbocycles. The maximum Gasteiger partial charge on any atom is 0.253 e. The number of amides is 1. The number of piperidine rings is 1. The van der Waals surface area contributed by atoms with Crippen molar-refractivity contribution in [3.63, 3.8) is 0 Å². The number of carbonyl (C=O) groups excluding carboxylic acids is 1. The first-order valence-electron chi connectivity index (χ1n) is 7.38. The van der Waals surface area contributed by atoms with Crippen molar-refractivity contribution >= 4 is 22.6 Å². The summed E-state index contributed by atoms with van der Waals surface area (Å²) in [6.45, 7) is 2.05. The molecule has 0 spiro atoms. The Labute approximate surface area is 124 Å². The number of carbonyl (C=O) groups is 1. The molecule has 0 aliphatic carbocycles. The van der Waals surface area contributed by atoms with Crippen molar-refractivity contribution in [2.75, 3.05) is 32.1 Å². The molecule has 0 N–H and O–H groups in total. The maximum absolute atomic E-state index is 12.1. The van der Waals surface area contributed by atoms with Crippen LogP contribution in [0.2, 0.25) is 0 Å². The van der Waals surface area contributed by atoms with E-state index in [9.17, 15) is 4.79 Å². The van der Waals surface area contributed by atoms with Crippen LogP contribution in [0, 0.1) is 0 Å². The van der Waals surface area contributed by atoms with Crippen molar-refractivity contribution in [3.05, 3.63) is 30.1 Å². The average molecular weight is 284 g/mol. The van der Waals surface area contributed by atoms with E-state index in [0.29, 0.717) is 5.56 Å². The molecule has 1 saturated heterocycles. The number of hydrogen-bond donors (Lipinski definition) is 0. The molecule has 1 aromatic heterocycles. The number of hydrogen-bond acceptors (Lipinski definition) is 4. The van der Waals surface area contributed by atoms with Gasteiger partial charge in [0.15, 0.2) is 0 Å². The van der Waals surface area contributed by atoms with E-state index in [2.05, 4.69) is 14.9 Å². The molecule has 2 heterocycles. The normalized spacial score (nSPS) is 15.2. The lowest BCUT2D eigenvalue weighted by Gasteiger charge is -2.28. The first-order chi connectivity index (χ1) is 10.2. The molecule has 1 aromatic carbocycles. The number of nitrogens with zero attached hydrogens (tertiary/aromatic N) is 4. The average Bonchev–Trinajstić information content (AvgIpc) is 2.53. The highest BCUT2D eigenvalue weighted by Gasteiger charge is 2.17. The first-order valence-corrected chi connectivity index (χ1v) is 7.38. The van der Waals surface area contributed by atoms with Crippen LogP contribution < -0.4 is 4.90 Å². The molecular weight excluding hydrogens is 264 g/mol. The molecule has 1 aliphatic heterocycles. The molecule has 0 atom stereocenters. The summed E-state index contributed by atoms with van der Waals surface area (Å²) in [5.41, 5.74) is 1.57. The molecule has 0 radical (unpaired) electrons. The van der Waals surface area contributed by atoms with Gasteiger partial charge in [0.05, 0.1) is 5.52 Å². The summed E-state index contributed by atoms with van der Waals surface area (Å²) in [5, 5.41) is 0.965. The van der Waals surface area contributed by atoms with Crippen LogP contribution in [0.1, 0.15) is 29.6 Å². The number of benzene rings is 1. The summed E-state index contributed by atoms with van der Waals surface area (Å²) >= 11 is 0. The van der Waals surface area contributed by atoms with Crippen LogP contribution in [0.4, 0.5) is 5.82 Å². The first kappa shape index (κ1) is 13.8. The lowest BCUT2D eigenvalue weighted by Crippen LogP contribution is -2.30. The molecule has 21 heavy (non-hydrogen) atoms. The Balaban J connectivity index is 2.07. The Kier molecular flexibility index (Phi) is 3.73. The van der Waals surface area contributed by atoms with Gasteiger partial charge in [0.2, 0.25) is 0 Å². The number of aromatic nitrogens is 2. The van der Waals surface area contributed by atoms with Gasteiger partial charge in [-0.2, -0.15) is 0 Å². The van der Waals surface area contributed by atoms with Crippen molar-refractivity contribution in [2.45, 2.75) is 19.3 Å². The lowest BCUT2D eigenvalue weighted by molar-refractivity contribution is 0.0828. The number of fused-ring (bicyclic) bond motifs is 1. The molecule has 1 amide bonds. The second kappa shape index (κ2) is 5.68. The summed E-state index contributed by atoms with van der Waals surface area (Å²) in [6.07, 6.45) is 5.28. The quantitative estimate of drug-likeness (QED) is 0.849. The van der Waals surface area contributed by atoms with E-state index in [1.807, 2.05) is 18.2 Å². The fourth-order valence-electron chi connectivity index (χ4n) is 2.79. The van der Waals surface area contributed by atoms with Gasteiger partial charge in [-0.05, 0) is 37.5 Å². The van der Waals surface area contributed by atoms with E-state index in [1.165, 1.54) is 19.3 Å².